The molecule has 0 radical (unpaired) electrons. The van der Waals surface area contributed by atoms with Gasteiger partial charge in [-0.1, -0.05) is 6.07 Å². The first-order valence-electron chi connectivity index (χ1n) is 6.91. The average molecular weight is 336 g/mol. The van der Waals surface area contributed by atoms with Crippen LogP contribution in [0.3, 0.4) is 0 Å². The molecule has 1 aliphatic heterocycles. The van der Waals surface area contributed by atoms with Crippen LogP contribution in [-0.4, -0.2) is 18.5 Å². The number of amides is 1. The second-order valence-electron chi connectivity index (χ2n) is 5.14. The molecule has 7 heteroatoms. The molecule has 5 nitrogen and oxygen atoms in total. The monoisotopic (exact) mass is 336 g/mol. The lowest BCUT2D eigenvalue weighted by Crippen LogP contribution is -2.52. The number of rotatable bonds is 3. The van der Waals surface area contributed by atoms with Gasteiger partial charge in [0.25, 0.3) is 5.91 Å². The Morgan fingerprint density at radius 3 is 2.82 bits per heavy atom. The molecule has 2 N–H and O–H groups in total. The summed E-state index contributed by atoms with van der Waals surface area (Å²) in [7, 11) is 0. The minimum atomic E-state index is -0.729. The zero-order chi connectivity index (χ0) is 15.9. The molecule has 0 fully saturated rings. The second-order valence-corrected chi connectivity index (χ2v) is 7.31. The number of carbonyl (C=O) groups excluding carboxylic acids is 2. The van der Waals surface area contributed by atoms with Crippen LogP contribution >= 0.6 is 22.7 Å². The van der Waals surface area contributed by atoms with Crippen molar-refractivity contribution in [3.63, 3.8) is 0 Å². The van der Waals surface area contributed by atoms with Gasteiger partial charge in [0.05, 0.1) is 17.9 Å². The summed E-state index contributed by atoms with van der Waals surface area (Å²) >= 11 is 2.83. The molecular formula is C15H16N2O3S2. The van der Waals surface area contributed by atoms with Crippen LogP contribution in [0.4, 0.5) is 5.69 Å². The number of hydrogen-bond donors (Lipinski definition) is 2. The van der Waals surface area contributed by atoms with Gasteiger partial charge in [-0.05, 0) is 32.2 Å². The fraction of sp³-hybridized carbons (Fsp3) is 0.333. The molecule has 3 rings (SSSR count). The zero-order valence-electron chi connectivity index (χ0n) is 12.5. The van der Waals surface area contributed by atoms with Crippen molar-refractivity contribution in [2.45, 2.75) is 26.4 Å². The number of carbonyl (C=O) groups is 2. The summed E-state index contributed by atoms with van der Waals surface area (Å²) in [6.07, 6.45) is 0. The molecule has 1 amide bonds. The summed E-state index contributed by atoms with van der Waals surface area (Å²) in [5.41, 5.74) is 0.371. The van der Waals surface area contributed by atoms with E-state index in [1.807, 2.05) is 31.4 Å². The molecule has 2 aromatic heterocycles. The first kappa shape index (κ1) is 15.1. The largest absolute Gasteiger partial charge is 0.462 e. The number of aryl methyl sites for hydroxylation is 1. The van der Waals surface area contributed by atoms with Gasteiger partial charge in [-0.15, -0.1) is 22.7 Å². The van der Waals surface area contributed by atoms with Crippen molar-refractivity contribution in [3.8, 4) is 0 Å². The number of anilines is 1. The lowest BCUT2D eigenvalue weighted by atomic mass is 10.0. The molecule has 0 spiro atoms. The highest BCUT2D eigenvalue weighted by atomic mass is 32.1. The SMILES string of the molecule is CCOC(=O)c1sc(C)c2c1N[C@](C)(c1cccs1)NC2=O. The minimum absolute atomic E-state index is 0.172. The van der Waals surface area contributed by atoms with Gasteiger partial charge in [-0.3, -0.25) is 4.79 Å². The minimum Gasteiger partial charge on any atom is -0.462 e. The summed E-state index contributed by atoms with van der Waals surface area (Å²) < 4.78 is 5.10. The van der Waals surface area contributed by atoms with Crippen LogP contribution in [0.5, 0.6) is 0 Å². The van der Waals surface area contributed by atoms with Gasteiger partial charge < -0.3 is 15.4 Å². The van der Waals surface area contributed by atoms with E-state index in [1.54, 1.807) is 18.3 Å². The van der Waals surface area contributed by atoms with Crippen LogP contribution in [0.25, 0.3) is 0 Å². The van der Waals surface area contributed by atoms with Gasteiger partial charge in [0.15, 0.2) is 0 Å². The summed E-state index contributed by atoms with van der Waals surface area (Å²) in [4.78, 5) is 26.9. The van der Waals surface area contributed by atoms with Gasteiger partial charge in [0.2, 0.25) is 0 Å². The first-order valence-corrected chi connectivity index (χ1v) is 8.61. The molecular weight excluding hydrogens is 320 g/mol. The first-order chi connectivity index (χ1) is 10.5. The Hall–Kier alpha value is -1.86. The highest BCUT2D eigenvalue weighted by Crippen LogP contribution is 2.40. The Kier molecular flexibility index (Phi) is 3.70. The average Bonchev–Trinajstić information content (AvgIpc) is 3.07. The Labute approximate surface area is 136 Å². The van der Waals surface area contributed by atoms with Gasteiger partial charge in [0, 0.05) is 9.75 Å². The molecule has 1 atom stereocenters. The Balaban J connectivity index is 2.08. The topological polar surface area (TPSA) is 67.4 Å². The molecule has 116 valence electrons. The van der Waals surface area contributed by atoms with Crippen LogP contribution in [0.2, 0.25) is 0 Å². The highest BCUT2D eigenvalue weighted by Gasteiger charge is 2.40. The number of fused-ring (bicyclic) bond motifs is 1. The zero-order valence-corrected chi connectivity index (χ0v) is 14.1. The molecule has 0 saturated heterocycles. The summed E-state index contributed by atoms with van der Waals surface area (Å²) in [6.45, 7) is 5.79. The Morgan fingerprint density at radius 1 is 1.41 bits per heavy atom. The fourth-order valence-corrected chi connectivity index (χ4v) is 4.33. The highest BCUT2D eigenvalue weighted by molar-refractivity contribution is 7.15. The van der Waals surface area contributed by atoms with Crippen molar-refractivity contribution in [1.82, 2.24) is 5.32 Å². The molecule has 22 heavy (non-hydrogen) atoms. The number of hydrogen-bond acceptors (Lipinski definition) is 6. The van der Waals surface area contributed by atoms with E-state index in [0.717, 1.165) is 9.75 Å². The third-order valence-corrected chi connectivity index (χ3v) is 5.70. The molecule has 0 saturated carbocycles. The van der Waals surface area contributed by atoms with E-state index in [0.29, 0.717) is 22.7 Å². The number of thiophene rings is 2. The predicted octanol–water partition coefficient (Wildman–Crippen LogP) is 3.32. The number of nitrogens with one attached hydrogen (secondary N) is 2. The van der Waals surface area contributed by atoms with Crippen molar-refractivity contribution in [3.05, 3.63) is 37.7 Å². The van der Waals surface area contributed by atoms with Crippen LogP contribution in [-0.2, 0) is 10.4 Å². The van der Waals surface area contributed by atoms with E-state index < -0.39 is 11.6 Å². The Morgan fingerprint density at radius 2 is 2.18 bits per heavy atom. The third-order valence-electron chi connectivity index (χ3n) is 3.52. The smallest absolute Gasteiger partial charge is 0.350 e. The molecule has 0 aromatic carbocycles. The molecule has 3 heterocycles. The number of esters is 1. The molecule has 0 unspecified atom stereocenters. The Bertz CT molecular complexity index is 736. The van der Waals surface area contributed by atoms with E-state index in [1.165, 1.54) is 11.3 Å². The lowest BCUT2D eigenvalue weighted by Gasteiger charge is -2.36. The molecule has 0 bridgehead atoms. The summed E-state index contributed by atoms with van der Waals surface area (Å²) in [5, 5.41) is 8.27. The van der Waals surface area contributed by atoms with Crippen LogP contribution < -0.4 is 10.6 Å². The molecule has 2 aromatic rings. The van der Waals surface area contributed by atoms with E-state index in [-0.39, 0.29) is 5.91 Å². The lowest BCUT2D eigenvalue weighted by molar-refractivity contribution is 0.0533. The van der Waals surface area contributed by atoms with E-state index in [9.17, 15) is 9.59 Å². The second kappa shape index (κ2) is 5.40. The van der Waals surface area contributed by atoms with Gasteiger partial charge >= 0.3 is 5.97 Å². The van der Waals surface area contributed by atoms with Crippen LogP contribution in [0.1, 0.15) is 43.6 Å². The van der Waals surface area contributed by atoms with Gasteiger partial charge in [-0.25, -0.2) is 4.79 Å². The van der Waals surface area contributed by atoms with Crippen molar-refractivity contribution in [1.29, 1.82) is 0 Å². The van der Waals surface area contributed by atoms with Crippen LogP contribution in [0, 0.1) is 6.92 Å². The third kappa shape index (κ3) is 2.30. The maximum absolute atomic E-state index is 12.5. The fourth-order valence-electron chi connectivity index (χ4n) is 2.53. The standard InChI is InChI=1S/C15H16N2O3S2/c1-4-20-14(19)12-11-10(8(2)22-12)13(18)17-15(3,16-11)9-6-5-7-21-9/h5-7,16H,4H2,1-3H3,(H,17,18)/t15-/m0/s1. The van der Waals surface area contributed by atoms with E-state index in [4.69, 9.17) is 4.74 Å². The van der Waals surface area contributed by atoms with Crippen molar-refractivity contribution in [2.24, 2.45) is 0 Å². The number of ether oxygens (including phenoxy) is 1. The van der Waals surface area contributed by atoms with Crippen molar-refractivity contribution < 1.29 is 14.3 Å². The van der Waals surface area contributed by atoms with Crippen molar-refractivity contribution in [2.75, 3.05) is 11.9 Å². The van der Waals surface area contributed by atoms with Crippen LogP contribution in [0.15, 0.2) is 17.5 Å². The quantitative estimate of drug-likeness (QED) is 0.844. The predicted molar refractivity (Wildman–Crippen MR) is 87.8 cm³/mol. The summed E-state index contributed by atoms with van der Waals surface area (Å²) in [5.74, 6) is -0.568. The maximum atomic E-state index is 12.5. The van der Waals surface area contributed by atoms with E-state index in [2.05, 4.69) is 10.6 Å². The maximum Gasteiger partial charge on any atom is 0.350 e. The van der Waals surface area contributed by atoms with E-state index >= 15 is 0 Å². The normalized spacial score (nSPS) is 20.0. The molecule has 0 aliphatic carbocycles. The van der Waals surface area contributed by atoms with Gasteiger partial charge in [0.1, 0.15) is 10.5 Å². The summed E-state index contributed by atoms with van der Waals surface area (Å²) in [6, 6.07) is 3.88. The van der Waals surface area contributed by atoms with Gasteiger partial charge in [-0.2, -0.15) is 0 Å². The van der Waals surface area contributed by atoms with Crippen molar-refractivity contribution >= 4 is 40.2 Å². The molecule has 1 aliphatic rings.